The van der Waals surface area contributed by atoms with Crippen LogP contribution in [0.5, 0.6) is 0 Å². The minimum absolute atomic E-state index is 0.258. The van der Waals surface area contributed by atoms with Crippen molar-refractivity contribution in [2.24, 2.45) is 0 Å². The Balaban J connectivity index is 1.57. The molecule has 1 aliphatic heterocycles. The van der Waals surface area contributed by atoms with Crippen LogP contribution in [-0.2, 0) is 20.9 Å². The van der Waals surface area contributed by atoms with Crippen molar-refractivity contribution in [1.82, 2.24) is 9.80 Å². The first-order chi connectivity index (χ1) is 12.9. The summed E-state index contributed by atoms with van der Waals surface area (Å²) in [6.07, 6.45) is 0. The molecule has 0 saturated carbocycles. The highest BCUT2D eigenvalue weighted by atomic mass is 32.1. The molecule has 7 nitrogen and oxygen atoms in total. The van der Waals surface area contributed by atoms with Crippen LogP contribution in [-0.4, -0.2) is 53.2 Å². The molecule has 140 valence electrons. The summed E-state index contributed by atoms with van der Waals surface area (Å²) in [5.74, 6) is -2.26. The van der Waals surface area contributed by atoms with Crippen LogP contribution in [0.25, 0.3) is 0 Å². The molecule has 0 bridgehead atoms. The monoisotopic (exact) mass is 386 g/mol. The lowest BCUT2D eigenvalue weighted by Crippen LogP contribution is -2.44. The Hall–Kier alpha value is -3.00. The SMILES string of the molecule is C[C@H](C(=O)OCC(=O)N(C)Cc1ccsc1)N1C(=O)c2ccccc2C1=O. The normalized spacial score (nSPS) is 14.1. The van der Waals surface area contributed by atoms with Crippen molar-refractivity contribution in [3.8, 4) is 0 Å². The minimum Gasteiger partial charge on any atom is -0.454 e. The maximum atomic E-state index is 12.4. The summed E-state index contributed by atoms with van der Waals surface area (Å²) >= 11 is 1.53. The van der Waals surface area contributed by atoms with Gasteiger partial charge in [-0.25, -0.2) is 4.79 Å². The number of esters is 1. The fourth-order valence-electron chi connectivity index (χ4n) is 2.77. The van der Waals surface area contributed by atoms with Gasteiger partial charge in [0.15, 0.2) is 6.61 Å². The predicted octanol–water partition coefficient (Wildman–Crippen LogP) is 1.93. The molecular formula is C19H18N2O5S. The van der Waals surface area contributed by atoms with E-state index < -0.39 is 30.4 Å². The topological polar surface area (TPSA) is 84.0 Å². The number of likely N-dealkylation sites (N-methyl/N-ethyl adjacent to an activating group) is 1. The average Bonchev–Trinajstić information content (AvgIpc) is 3.26. The molecular weight excluding hydrogens is 368 g/mol. The number of amides is 3. The maximum absolute atomic E-state index is 12.4. The molecule has 0 unspecified atom stereocenters. The molecule has 0 spiro atoms. The second kappa shape index (κ2) is 7.71. The maximum Gasteiger partial charge on any atom is 0.329 e. The van der Waals surface area contributed by atoms with Crippen molar-refractivity contribution in [3.05, 3.63) is 57.8 Å². The van der Waals surface area contributed by atoms with Crippen LogP contribution in [0.4, 0.5) is 0 Å². The lowest BCUT2D eigenvalue weighted by Gasteiger charge is -2.22. The second-order valence-corrected chi connectivity index (χ2v) is 6.97. The number of rotatable bonds is 6. The van der Waals surface area contributed by atoms with Crippen LogP contribution in [0, 0.1) is 0 Å². The molecule has 0 N–H and O–H groups in total. The smallest absolute Gasteiger partial charge is 0.329 e. The summed E-state index contributed by atoms with van der Waals surface area (Å²) in [6.45, 7) is 1.37. The molecule has 2 heterocycles. The van der Waals surface area contributed by atoms with E-state index in [0.717, 1.165) is 10.5 Å². The zero-order valence-electron chi connectivity index (χ0n) is 14.9. The predicted molar refractivity (Wildman–Crippen MR) is 98.2 cm³/mol. The first-order valence-corrected chi connectivity index (χ1v) is 9.23. The summed E-state index contributed by atoms with van der Waals surface area (Å²) < 4.78 is 5.04. The summed E-state index contributed by atoms with van der Waals surface area (Å²) in [6, 6.07) is 7.17. The van der Waals surface area contributed by atoms with Gasteiger partial charge in [0, 0.05) is 13.6 Å². The van der Waals surface area contributed by atoms with Gasteiger partial charge in [-0.3, -0.25) is 19.3 Å². The largest absolute Gasteiger partial charge is 0.454 e. The van der Waals surface area contributed by atoms with E-state index in [2.05, 4.69) is 0 Å². The Morgan fingerprint density at radius 1 is 1.15 bits per heavy atom. The summed E-state index contributed by atoms with van der Waals surface area (Å²) in [5.41, 5.74) is 1.50. The summed E-state index contributed by atoms with van der Waals surface area (Å²) in [5, 5.41) is 3.84. The molecule has 8 heteroatoms. The standard InChI is InChI=1S/C19H18N2O5S/c1-12(21-17(23)14-5-3-4-6-15(14)18(21)24)19(25)26-10-16(22)20(2)9-13-7-8-27-11-13/h3-8,11-12H,9-10H2,1-2H3/t12-/m1/s1. The molecule has 0 saturated heterocycles. The Bertz CT molecular complexity index is 858. The Morgan fingerprint density at radius 3 is 2.33 bits per heavy atom. The third kappa shape index (κ3) is 3.75. The molecule has 1 atom stereocenters. The van der Waals surface area contributed by atoms with Crippen molar-refractivity contribution in [1.29, 1.82) is 0 Å². The van der Waals surface area contributed by atoms with Gasteiger partial charge in [-0.1, -0.05) is 12.1 Å². The van der Waals surface area contributed by atoms with Gasteiger partial charge in [0.2, 0.25) is 0 Å². The number of nitrogens with zero attached hydrogens (tertiary/aromatic N) is 2. The number of thiophene rings is 1. The number of fused-ring (bicyclic) bond motifs is 1. The van der Waals surface area contributed by atoms with Crippen LogP contribution in [0.2, 0.25) is 0 Å². The Morgan fingerprint density at radius 2 is 1.78 bits per heavy atom. The van der Waals surface area contributed by atoms with Gasteiger partial charge in [0.25, 0.3) is 17.7 Å². The quantitative estimate of drug-likeness (QED) is 0.560. The molecule has 1 aliphatic rings. The average molecular weight is 386 g/mol. The third-order valence-electron chi connectivity index (χ3n) is 4.32. The molecule has 3 amide bonds. The molecule has 2 aromatic rings. The van der Waals surface area contributed by atoms with E-state index in [1.54, 1.807) is 19.2 Å². The molecule has 0 radical (unpaired) electrons. The number of carbonyl (C=O) groups excluding carboxylic acids is 4. The molecule has 1 aromatic carbocycles. The van der Waals surface area contributed by atoms with E-state index in [-0.39, 0.29) is 17.0 Å². The van der Waals surface area contributed by atoms with Crippen molar-refractivity contribution in [3.63, 3.8) is 0 Å². The number of hydrogen-bond donors (Lipinski definition) is 0. The number of imide groups is 1. The molecule has 1 aromatic heterocycles. The van der Waals surface area contributed by atoms with Crippen LogP contribution in [0.1, 0.15) is 33.2 Å². The van der Waals surface area contributed by atoms with E-state index in [1.807, 2.05) is 16.8 Å². The lowest BCUT2D eigenvalue weighted by molar-refractivity contribution is -0.154. The van der Waals surface area contributed by atoms with Gasteiger partial charge in [-0.05, 0) is 41.4 Å². The Labute approximate surface area is 160 Å². The van der Waals surface area contributed by atoms with Crippen LogP contribution < -0.4 is 0 Å². The van der Waals surface area contributed by atoms with Gasteiger partial charge in [0.1, 0.15) is 6.04 Å². The summed E-state index contributed by atoms with van der Waals surface area (Å²) in [7, 11) is 1.61. The second-order valence-electron chi connectivity index (χ2n) is 6.19. The zero-order valence-corrected chi connectivity index (χ0v) is 15.7. The number of ether oxygens (including phenoxy) is 1. The van der Waals surface area contributed by atoms with Crippen LogP contribution in [0.15, 0.2) is 41.1 Å². The number of benzene rings is 1. The Kier molecular flexibility index (Phi) is 5.36. The van der Waals surface area contributed by atoms with E-state index >= 15 is 0 Å². The van der Waals surface area contributed by atoms with E-state index in [1.165, 1.54) is 35.3 Å². The van der Waals surface area contributed by atoms with E-state index in [9.17, 15) is 19.2 Å². The van der Waals surface area contributed by atoms with Crippen molar-refractivity contribution >= 4 is 35.0 Å². The number of hydrogen-bond acceptors (Lipinski definition) is 6. The van der Waals surface area contributed by atoms with Gasteiger partial charge in [0.05, 0.1) is 11.1 Å². The molecule has 27 heavy (non-hydrogen) atoms. The number of carbonyl (C=O) groups is 4. The third-order valence-corrected chi connectivity index (χ3v) is 5.05. The molecule has 3 rings (SSSR count). The summed E-state index contributed by atoms with van der Waals surface area (Å²) in [4.78, 5) is 51.5. The fourth-order valence-corrected chi connectivity index (χ4v) is 3.43. The van der Waals surface area contributed by atoms with Gasteiger partial charge in [-0.2, -0.15) is 11.3 Å². The van der Waals surface area contributed by atoms with Gasteiger partial charge < -0.3 is 9.64 Å². The van der Waals surface area contributed by atoms with E-state index in [0.29, 0.717) is 6.54 Å². The highest BCUT2D eigenvalue weighted by Gasteiger charge is 2.41. The zero-order chi connectivity index (χ0) is 19.6. The van der Waals surface area contributed by atoms with Crippen molar-refractivity contribution in [2.45, 2.75) is 19.5 Å². The highest BCUT2D eigenvalue weighted by Crippen LogP contribution is 2.24. The van der Waals surface area contributed by atoms with Gasteiger partial charge >= 0.3 is 5.97 Å². The molecule has 0 aliphatic carbocycles. The van der Waals surface area contributed by atoms with Crippen LogP contribution >= 0.6 is 11.3 Å². The van der Waals surface area contributed by atoms with Crippen LogP contribution in [0.3, 0.4) is 0 Å². The fraction of sp³-hybridized carbons (Fsp3) is 0.263. The highest BCUT2D eigenvalue weighted by molar-refractivity contribution is 7.07. The van der Waals surface area contributed by atoms with E-state index in [4.69, 9.17) is 4.74 Å². The first-order valence-electron chi connectivity index (χ1n) is 8.28. The lowest BCUT2D eigenvalue weighted by atomic mass is 10.1. The molecule has 0 fully saturated rings. The minimum atomic E-state index is -1.12. The first kappa shape index (κ1) is 18.8. The van der Waals surface area contributed by atoms with Crippen molar-refractivity contribution < 1.29 is 23.9 Å². The van der Waals surface area contributed by atoms with Gasteiger partial charge in [-0.15, -0.1) is 0 Å². The van der Waals surface area contributed by atoms with Crippen molar-refractivity contribution in [2.75, 3.05) is 13.7 Å².